The predicted octanol–water partition coefficient (Wildman–Crippen LogP) is 2.11. The minimum absolute atomic E-state index is 0.294. The third-order valence-electron chi connectivity index (χ3n) is 2.86. The molecule has 0 bridgehead atoms. The molecular weight excluding hydrogens is 218 g/mol. The van der Waals surface area contributed by atoms with E-state index in [0.717, 1.165) is 5.82 Å². The molecule has 1 rings (SSSR count). The Balaban J connectivity index is 2.85. The molecule has 5 heteroatoms. The lowest BCUT2D eigenvalue weighted by Crippen LogP contribution is -2.18. The predicted molar refractivity (Wildman–Crippen MR) is 65.5 cm³/mol. The largest absolute Gasteiger partial charge is 0.383 e. The second-order valence-electron chi connectivity index (χ2n) is 5.07. The number of aromatic nitrogens is 2. The van der Waals surface area contributed by atoms with Crippen molar-refractivity contribution in [3.8, 4) is 0 Å². The van der Waals surface area contributed by atoms with Crippen LogP contribution in [-0.4, -0.2) is 23.9 Å². The zero-order chi connectivity index (χ0) is 13.0. The van der Waals surface area contributed by atoms with Crippen molar-refractivity contribution in [1.29, 1.82) is 0 Å². The monoisotopic (exact) mass is 241 g/mol. The van der Waals surface area contributed by atoms with Gasteiger partial charge in [0.15, 0.2) is 5.82 Å². The van der Waals surface area contributed by atoms with Crippen molar-refractivity contribution in [2.24, 2.45) is 17.6 Å². The summed E-state index contributed by atoms with van der Waals surface area (Å²) >= 11 is 0. The number of nitrogens with zero attached hydrogens (tertiary/aromatic N) is 2. The SMILES string of the molecule is COCC(N)c1nc(C(C(C)C)C(C)C)no1. The fourth-order valence-corrected chi connectivity index (χ4v) is 2.15. The third-order valence-corrected chi connectivity index (χ3v) is 2.86. The molecule has 5 nitrogen and oxygen atoms in total. The van der Waals surface area contributed by atoms with Gasteiger partial charge in [0.1, 0.15) is 6.04 Å². The highest BCUT2D eigenvalue weighted by Gasteiger charge is 2.26. The third kappa shape index (κ3) is 3.51. The van der Waals surface area contributed by atoms with Crippen LogP contribution >= 0.6 is 0 Å². The van der Waals surface area contributed by atoms with Crippen LogP contribution in [0.5, 0.6) is 0 Å². The van der Waals surface area contributed by atoms with Gasteiger partial charge in [0.2, 0.25) is 5.89 Å². The molecule has 0 aliphatic carbocycles. The number of ether oxygens (including phenoxy) is 1. The standard InChI is InChI=1S/C12H23N3O2/c1-7(2)10(8(3)4)11-14-12(17-15-11)9(13)6-16-5/h7-10H,6,13H2,1-5H3. The van der Waals surface area contributed by atoms with E-state index in [0.29, 0.717) is 30.3 Å². The molecule has 0 aromatic carbocycles. The summed E-state index contributed by atoms with van der Waals surface area (Å²) in [5.41, 5.74) is 5.85. The lowest BCUT2D eigenvalue weighted by atomic mass is 9.85. The lowest BCUT2D eigenvalue weighted by Gasteiger charge is -2.20. The second-order valence-corrected chi connectivity index (χ2v) is 5.07. The Hall–Kier alpha value is -0.940. The molecule has 1 atom stereocenters. The molecule has 0 amide bonds. The maximum atomic E-state index is 5.85. The van der Waals surface area contributed by atoms with Gasteiger partial charge in [-0.3, -0.25) is 0 Å². The van der Waals surface area contributed by atoms with Gasteiger partial charge < -0.3 is 15.0 Å². The molecule has 1 aromatic heterocycles. The molecule has 0 saturated carbocycles. The average Bonchev–Trinajstić information content (AvgIpc) is 2.66. The molecule has 0 aliphatic heterocycles. The van der Waals surface area contributed by atoms with Crippen LogP contribution in [0.3, 0.4) is 0 Å². The Labute approximate surface area is 103 Å². The summed E-state index contributed by atoms with van der Waals surface area (Å²) < 4.78 is 10.2. The van der Waals surface area contributed by atoms with Crippen molar-refractivity contribution >= 4 is 0 Å². The summed E-state index contributed by atoms with van der Waals surface area (Å²) in [6.07, 6.45) is 0. The summed E-state index contributed by atoms with van der Waals surface area (Å²) in [6, 6.07) is -0.346. The van der Waals surface area contributed by atoms with Gasteiger partial charge in [0.05, 0.1) is 6.61 Å². The van der Waals surface area contributed by atoms with E-state index in [-0.39, 0.29) is 6.04 Å². The first-order valence-electron chi connectivity index (χ1n) is 6.05. The Morgan fingerprint density at radius 3 is 2.29 bits per heavy atom. The minimum atomic E-state index is -0.346. The Morgan fingerprint density at radius 2 is 1.82 bits per heavy atom. The maximum Gasteiger partial charge on any atom is 0.245 e. The highest BCUT2D eigenvalue weighted by Crippen LogP contribution is 2.30. The molecule has 0 spiro atoms. The summed E-state index contributed by atoms with van der Waals surface area (Å²) in [4.78, 5) is 4.39. The first-order chi connectivity index (χ1) is 7.97. The Kier molecular flexibility index (Phi) is 5.08. The summed E-state index contributed by atoms with van der Waals surface area (Å²) in [7, 11) is 1.60. The zero-order valence-electron chi connectivity index (χ0n) is 11.3. The van der Waals surface area contributed by atoms with Gasteiger partial charge >= 0.3 is 0 Å². The Bertz CT molecular complexity index is 328. The fourth-order valence-electron chi connectivity index (χ4n) is 2.15. The van der Waals surface area contributed by atoms with E-state index >= 15 is 0 Å². The van der Waals surface area contributed by atoms with Gasteiger partial charge in [0.25, 0.3) is 0 Å². The van der Waals surface area contributed by atoms with Crippen LogP contribution in [0.25, 0.3) is 0 Å². The van der Waals surface area contributed by atoms with Gasteiger partial charge in [-0.25, -0.2) is 0 Å². The van der Waals surface area contributed by atoms with Crippen LogP contribution < -0.4 is 5.73 Å². The molecule has 98 valence electrons. The highest BCUT2D eigenvalue weighted by atomic mass is 16.5. The van der Waals surface area contributed by atoms with Gasteiger partial charge in [-0.05, 0) is 11.8 Å². The van der Waals surface area contributed by atoms with Crippen LogP contribution in [0.4, 0.5) is 0 Å². The topological polar surface area (TPSA) is 74.2 Å². The summed E-state index contributed by atoms with van der Waals surface area (Å²) in [5.74, 6) is 2.44. The van der Waals surface area contributed by atoms with Gasteiger partial charge in [-0.15, -0.1) is 0 Å². The van der Waals surface area contributed by atoms with Crippen molar-refractivity contribution in [3.63, 3.8) is 0 Å². The van der Waals surface area contributed by atoms with Crippen molar-refractivity contribution in [3.05, 3.63) is 11.7 Å². The summed E-state index contributed by atoms with van der Waals surface area (Å²) in [5, 5.41) is 4.04. The van der Waals surface area contributed by atoms with Gasteiger partial charge in [-0.1, -0.05) is 32.9 Å². The average molecular weight is 241 g/mol. The van der Waals surface area contributed by atoms with Crippen molar-refractivity contribution < 1.29 is 9.26 Å². The fraction of sp³-hybridized carbons (Fsp3) is 0.833. The number of nitrogens with two attached hydrogens (primary N) is 1. The molecule has 0 fully saturated rings. The summed E-state index contributed by atoms with van der Waals surface area (Å²) in [6.45, 7) is 9.03. The van der Waals surface area contributed by atoms with Crippen molar-refractivity contribution in [2.75, 3.05) is 13.7 Å². The van der Waals surface area contributed by atoms with Crippen LogP contribution in [0, 0.1) is 11.8 Å². The molecule has 0 radical (unpaired) electrons. The van der Waals surface area contributed by atoms with E-state index in [1.165, 1.54) is 0 Å². The number of hydrogen-bond donors (Lipinski definition) is 1. The van der Waals surface area contributed by atoms with E-state index < -0.39 is 0 Å². The number of hydrogen-bond acceptors (Lipinski definition) is 5. The molecule has 17 heavy (non-hydrogen) atoms. The van der Waals surface area contributed by atoms with Crippen LogP contribution in [0.1, 0.15) is 51.4 Å². The Morgan fingerprint density at radius 1 is 1.24 bits per heavy atom. The van der Waals surface area contributed by atoms with Crippen LogP contribution in [-0.2, 0) is 4.74 Å². The molecule has 1 unspecified atom stereocenters. The van der Waals surface area contributed by atoms with E-state index in [1.54, 1.807) is 7.11 Å². The lowest BCUT2D eigenvalue weighted by molar-refractivity contribution is 0.166. The normalized spacial score (nSPS) is 13.9. The molecular formula is C12H23N3O2. The van der Waals surface area contributed by atoms with Crippen LogP contribution in [0.15, 0.2) is 4.52 Å². The van der Waals surface area contributed by atoms with Crippen LogP contribution in [0.2, 0.25) is 0 Å². The molecule has 2 N–H and O–H groups in total. The number of rotatable bonds is 6. The van der Waals surface area contributed by atoms with Crippen molar-refractivity contribution in [2.45, 2.75) is 39.7 Å². The highest BCUT2D eigenvalue weighted by molar-refractivity contribution is 5.00. The van der Waals surface area contributed by atoms with Gasteiger partial charge in [0, 0.05) is 13.0 Å². The maximum absolute atomic E-state index is 5.85. The van der Waals surface area contributed by atoms with E-state index in [2.05, 4.69) is 37.8 Å². The van der Waals surface area contributed by atoms with E-state index in [4.69, 9.17) is 15.0 Å². The van der Waals surface area contributed by atoms with Gasteiger partial charge in [-0.2, -0.15) is 4.98 Å². The second kappa shape index (κ2) is 6.12. The zero-order valence-corrected chi connectivity index (χ0v) is 11.3. The molecule has 1 heterocycles. The number of methoxy groups -OCH3 is 1. The minimum Gasteiger partial charge on any atom is -0.383 e. The first-order valence-corrected chi connectivity index (χ1v) is 6.05. The molecule has 0 aliphatic rings. The van der Waals surface area contributed by atoms with E-state index in [1.807, 2.05) is 0 Å². The first kappa shape index (κ1) is 14.1. The van der Waals surface area contributed by atoms with Crippen molar-refractivity contribution in [1.82, 2.24) is 10.1 Å². The molecule has 1 aromatic rings. The smallest absolute Gasteiger partial charge is 0.245 e. The molecule has 0 saturated heterocycles. The quantitative estimate of drug-likeness (QED) is 0.825. The van der Waals surface area contributed by atoms with E-state index in [9.17, 15) is 0 Å².